The Morgan fingerprint density at radius 1 is 1.61 bits per heavy atom. The molecule has 18 heavy (non-hydrogen) atoms. The van der Waals surface area contributed by atoms with Crippen molar-refractivity contribution in [3.63, 3.8) is 0 Å². The van der Waals surface area contributed by atoms with Crippen LogP contribution in [0.3, 0.4) is 0 Å². The summed E-state index contributed by atoms with van der Waals surface area (Å²) in [7, 11) is 0. The molecule has 0 aromatic heterocycles. The number of hydrogen-bond donors (Lipinski definition) is 3. The maximum absolute atomic E-state index is 11.9. The smallest absolute Gasteiger partial charge is 0.237 e. The van der Waals surface area contributed by atoms with E-state index >= 15 is 0 Å². The molecular weight excluding hydrogens is 252 g/mol. The topological polar surface area (TPSA) is 61.4 Å². The summed E-state index contributed by atoms with van der Waals surface area (Å²) in [5.74, 6) is -0.0842. The average Bonchev–Trinajstić information content (AvgIpc) is 2.76. The second-order valence-corrected chi connectivity index (χ2v) is 5.07. The van der Waals surface area contributed by atoms with Crippen LogP contribution in [0.5, 0.6) is 0 Å². The number of aliphatic hydroxyl groups is 1. The van der Waals surface area contributed by atoms with Crippen molar-refractivity contribution in [1.82, 2.24) is 10.6 Å². The summed E-state index contributed by atoms with van der Waals surface area (Å²) >= 11 is 5.91. The van der Waals surface area contributed by atoms with Crippen molar-refractivity contribution in [1.29, 1.82) is 0 Å². The van der Waals surface area contributed by atoms with Gasteiger partial charge in [0.25, 0.3) is 0 Å². The molecule has 5 heteroatoms. The van der Waals surface area contributed by atoms with E-state index < -0.39 is 6.10 Å². The molecular formula is C13H17ClN2O2. The Balaban J connectivity index is 1.95. The first-order valence-corrected chi connectivity index (χ1v) is 6.41. The minimum absolute atomic E-state index is 0.0842. The van der Waals surface area contributed by atoms with E-state index in [0.717, 1.165) is 5.56 Å². The van der Waals surface area contributed by atoms with Crippen molar-refractivity contribution < 1.29 is 9.90 Å². The molecule has 3 N–H and O–H groups in total. The molecule has 0 radical (unpaired) electrons. The minimum Gasteiger partial charge on any atom is -0.392 e. The van der Waals surface area contributed by atoms with Crippen molar-refractivity contribution in [3.8, 4) is 0 Å². The summed E-state index contributed by atoms with van der Waals surface area (Å²) in [6.45, 7) is 2.39. The Bertz CT molecular complexity index is 439. The van der Waals surface area contributed by atoms with Crippen LogP contribution in [-0.2, 0) is 4.79 Å². The van der Waals surface area contributed by atoms with E-state index in [1.807, 2.05) is 25.1 Å². The van der Waals surface area contributed by atoms with Crippen molar-refractivity contribution in [2.45, 2.75) is 31.5 Å². The van der Waals surface area contributed by atoms with E-state index in [4.69, 9.17) is 11.6 Å². The van der Waals surface area contributed by atoms with Crippen molar-refractivity contribution in [3.05, 3.63) is 34.9 Å². The van der Waals surface area contributed by atoms with E-state index in [1.165, 1.54) is 0 Å². The highest BCUT2D eigenvalue weighted by Gasteiger charge is 2.28. The van der Waals surface area contributed by atoms with Crippen molar-refractivity contribution in [2.24, 2.45) is 0 Å². The van der Waals surface area contributed by atoms with Crippen LogP contribution in [-0.4, -0.2) is 29.7 Å². The zero-order valence-electron chi connectivity index (χ0n) is 10.2. The van der Waals surface area contributed by atoms with Gasteiger partial charge in [-0.05, 0) is 31.0 Å². The summed E-state index contributed by atoms with van der Waals surface area (Å²) < 4.78 is 0. The standard InChI is InChI=1S/C13H17ClN2O2/c1-8(9-3-2-4-10(14)5-9)16-13(18)12-6-11(17)7-15-12/h2-5,8,11-12,15,17H,6-7H2,1H3,(H,16,18)/t8-,11?,12?/m0/s1. The zero-order chi connectivity index (χ0) is 13.1. The maximum Gasteiger partial charge on any atom is 0.237 e. The first-order valence-electron chi connectivity index (χ1n) is 6.03. The third-order valence-electron chi connectivity index (χ3n) is 3.13. The van der Waals surface area contributed by atoms with Crippen LogP contribution in [0.2, 0.25) is 5.02 Å². The van der Waals surface area contributed by atoms with Crippen molar-refractivity contribution >= 4 is 17.5 Å². The fraction of sp³-hybridized carbons (Fsp3) is 0.462. The molecule has 0 saturated carbocycles. The molecule has 0 bridgehead atoms. The Kier molecular flexibility index (Phi) is 4.22. The highest BCUT2D eigenvalue weighted by atomic mass is 35.5. The number of amides is 1. The second kappa shape index (κ2) is 5.69. The van der Waals surface area contributed by atoms with Crippen LogP contribution in [0.4, 0.5) is 0 Å². The highest BCUT2D eigenvalue weighted by Crippen LogP contribution is 2.18. The molecule has 0 aliphatic carbocycles. The predicted octanol–water partition coefficient (Wildman–Crippen LogP) is 1.24. The molecule has 1 fully saturated rings. The summed E-state index contributed by atoms with van der Waals surface area (Å²) in [5, 5.41) is 15.9. The SMILES string of the molecule is C[C@H](NC(=O)C1CC(O)CN1)c1cccc(Cl)c1. The minimum atomic E-state index is -0.428. The van der Waals surface area contributed by atoms with Gasteiger partial charge in [-0.3, -0.25) is 4.79 Å². The maximum atomic E-state index is 11.9. The molecule has 1 aromatic rings. The van der Waals surface area contributed by atoms with Crippen LogP contribution in [0, 0.1) is 0 Å². The summed E-state index contributed by atoms with van der Waals surface area (Å²) in [6, 6.07) is 7.01. The predicted molar refractivity (Wildman–Crippen MR) is 70.4 cm³/mol. The molecule has 2 unspecified atom stereocenters. The van der Waals surface area contributed by atoms with Gasteiger partial charge in [0.05, 0.1) is 18.2 Å². The lowest BCUT2D eigenvalue weighted by atomic mass is 10.1. The normalized spacial score (nSPS) is 24.8. The van der Waals surface area contributed by atoms with Gasteiger partial charge in [-0.25, -0.2) is 0 Å². The van der Waals surface area contributed by atoms with E-state index in [-0.39, 0.29) is 18.0 Å². The first kappa shape index (κ1) is 13.3. The number of β-amino-alcohol motifs (C(OH)–C–C–N with tert-alkyl or cyclic N) is 1. The second-order valence-electron chi connectivity index (χ2n) is 4.64. The van der Waals surface area contributed by atoms with Crippen LogP contribution in [0.1, 0.15) is 24.9 Å². The van der Waals surface area contributed by atoms with Crippen LogP contribution in [0.15, 0.2) is 24.3 Å². The molecule has 1 aliphatic rings. The Morgan fingerprint density at radius 2 is 2.39 bits per heavy atom. The average molecular weight is 269 g/mol. The fourth-order valence-electron chi connectivity index (χ4n) is 2.09. The number of aliphatic hydroxyl groups excluding tert-OH is 1. The molecule has 1 saturated heterocycles. The number of benzene rings is 1. The summed E-state index contributed by atoms with van der Waals surface area (Å²) in [6.07, 6.45) is 0.0379. The van der Waals surface area contributed by atoms with E-state index in [1.54, 1.807) is 6.07 Å². The number of carbonyl (C=O) groups is 1. The lowest BCUT2D eigenvalue weighted by Crippen LogP contribution is -2.41. The largest absolute Gasteiger partial charge is 0.392 e. The van der Waals surface area contributed by atoms with E-state index in [9.17, 15) is 9.90 Å². The van der Waals surface area contributed by atoms with Crippen molar-refractivity contribution in [2.75, 3.05) is 6.54 Å². The third-order valence-corrected chi connectivity index (χ3v) is 3.37. The monoisotopic (exact) mass is 268 g/mol. The van der Waals surface area contributed by atoms with Crippen LogP contribution < -0.4 is 10.6 Å². The van der Waals surface area contributed by atoms with Gasteiger partial charge >= 0.3 is 0 Å². The lowest BCUT2D eigenvalue weighted by Gasteiger charge is -2.17. The molecule has 4 nitrogen and oxygen atoms in total. The number of nitrogens with one attached hydrogen (secondary N) is 2. The molecule has 0 spiro atoms. The highest BCUT2D eigenvalue weighted by molar-refractivity contribution is 6.30. The van der Waals surface area contributed by atoms with Gasteiger partial charge in [0.15, 0.2) is 0 Å². The summed E-state index contributed by atoms with van der Waals surface area (Å²) in [5.41, 5.74) is 0.967. The van der Waals surface area contributed by atoms with E-state index in [2.05, 4.69) is 10.6 Å². The van der Waals surface area contributed by atoms with Gasteiger partial charge in [0.1, 0.15) is 0 Å². The Labute approximate surface area is 111 Å². The van der Waals surface area contributed by atoms with Gasteiger partial charge < -0.3 is 15.7 Å². The Morgan fingerprint density at radius 3 is 3.00 bits per heavy atom. The quantitative estimate of drug-likeness (QED) is 0.773. The number of hydrogen-bond acceptors (Lipinski definition) is 3. The lowest BCUT2D eigenvalue weighted by molar-refractivity contribution is -0.123. The molecule has 1 amide bonds. The van der Waals surface area contributed by atoms with Crippen LogP contribution >= 0.6 is 11.6 Å². The summed E-state index contributed by atoms with van der Waals surface area (Å²) in [4.78, 5) is 11.9. The molecule has 2 rings (SSSR count). The molecule has 3 atom stereocenters. The van der Waals surface area contributed by atoms with Gasteiger partial charge in [-0.15, -0.1) is 0 Å². The molecule has 1 aliphatic heterocycles. The van der Waals surface area contributed by atoms with E-state index in [0.29, 0.717) is 18.0 Å². The Hall–Kier alpha value is -1.10. The molecule has 1 heterocycles. The molecule has 98 valence electrons. The number of carbonyl (C=O) groups excluding carboxylic acids is 1. The third kappa shape index (κ3) is 3.22. The van der Waals surface area contributed by atoms with Gasteiger partial charge in [0, 0.05) is 11.6 Å². The number of halogens is 1. The number of rotatable bonds is 3. The van der Waals surface area contributed by atoms with Gasteiger partial charge in [-0.1, -0.05) is 23.7 Å². The van der Waals surface area contributed by atoms with Crippen LogP contribution in [0.25, 0.3) is 0 Å². The van der Waals surface area contributed by atoms with Gasteiger partial charge in [0.2, 0.25) is 5.91 Å². The fourth-order valence-corrected chi connectivity index (χ4v) is 2.29. The molecule has 1 aromatic carbocycles. The van der Waals surface area contributed by atoms with Gasteiger partial charge in [-0.2, -0.15) is 0 Å². The zero-order valence-corrected chi connectivity index (χ0v) is 10.9. The first-order chi connectivity index (χ1) is 8.56.